The quantitative estimate of drug-likeness (QED) is 0.719. The van der Waals surface area contributed by atoms with Crippen LogP contribution in [0.5, 0.6) is 0 Å². The molecule has 0 amide bonds. The number of halogens is 1. The number of nitrogens with one attached hydrogen (secondary N) is 1. The van der Waals surface area contributed by atoms with Crippen molar-refractivity contribution >= 4 is 40.0 Å². The molecule has 0 atom stereocenters. The van der Waals surface area contributed by atoms with E-state index in [4.69, 9.17) is 16.7 Å². The fraction of sp³-hybridized carbons (Fsp3) is 0.0625. The highest BCUT2D eigenvalue weighted by molar-refractivity contribution is 6.28. The minimum Gasteiger partial charge on any atom is -0.481 e. The summed E-state index contributed by atoms with van der Waals surface area (Å²) in [7, 11) is 0. The third kappa shape index (κ3) is 3.15. The number of nitrogens with zero attached hydrogens (tertiary/aromatic N) is 2. The molecule has 0 saturated carbocycles. The lowest BCUT2D eigenvalue weighted by Gasteiger charge is -2.09. The van der Waals surface area contributed by atoms with Crippen molar-refractivity contribution in [1.29, 1.82) is 0 Å². The van der Waals surface area contributed by atoms with Crippen LogP contribution in [0.4, 0.5) is 11.5 Å². The summed E-state index contributed by atoms with van der Waals surface area (Å²) in [5, 5.41) is 13.0. The Morgan fingerprint density at radius 3 is 2.55 bits per heavy atom. The fourth-order valence-electron chi connectivity index (χ4n) is 2.16. The number of rotatable bonds is 4. The molecule has 0 saturated heterocycles. The van der Waals surface area contributed by atoms with E-state index in [2.05, 4.69) is 15.3 Å². The Bertz CT molecular complexity index is 834. The van der Waals surface area contributed by atoms with Gasteiger partial charge in [0.05, 0.1) is 11.9 Å². The number of hydrogen-bond donors (Lipinski definition) is 2. The van der Waals surface area contributed by atoms with E-state index in [1.807, 2.05) is 36.4 Å². The molecule has 110 valence electrons. The molecule has 1 heterocycles. The summed E-state index contributed by atoms with van der Waals surface area (Å²) in [5.74, 6) is -0.240. The van der Waals surface area contributed by atoms with Crippen molar-refractivity contribution in [2.75, 3.05) is 5.32 Å². The van der Waals surface area contributed by atoms with Gasteiger partial charge in [-0.1, -0.05) is 24.3 Å². The van der Waals surface area contributed by atoms with Gasteiger partial charge in [-0.25, -0.2) is 4.98 Å². The molecule has 22 heavy (non-hydrogen) atoms. The summed E-state index contributed by atoms with van der Waals surface area (Å²) in [6.07, 6.45) is 0.00253. The van der Waals surface area contributed by atoms with Gasteiger partial charge in [-0.2, -0.15) is 4.98 Å². The molecule has 1 aromatic heterocycles. The van der Waals surface area contributed by atoms with Crippen LogP contribution in [0.3, 0.4) is 0 Å². The number of aliphatic carboxylic acids is 1. The zero-order valence-corrected chi connectivity index (χ0v) is 12.2. The zero-order chi connectivity index (χ0) is 15.5. The van der Waals surface area contributed by atoms with E-state index in [1.165, 1.54) is 0 Å². The molecular formula is C16H12ClN3O2. The van der Waals surface area contributed by atoms with Crippen LogP contribution in [0.25, 0.3) is 10.9 Å². The SMILES string of the molecule is O=C(O)Cc1ccc(Nc2nc(Cl)nc3ccccc23)cc1. The van der Waals surface area contributed by atoms with Crippen LogP contribution in [0.1, 0.15) is 5.56 Å². The minimum atomic E-state index is -0.853. The molecule has 0 bridgehead atoms. The van der Waals surface area contributed by atoms with E-state index in [0.717, 1.165) is 22.2 Å². The van der Waals surface area contributed by atoms with Crippen LogP contribution in [-0.4, -0.2) is 21.0 Å². The smallest absolute Gasteiger partial charge is 0.307 e. The number of hydrogen-bond acceptors (Lipinski definition) is 4. The lowest BCUT2D eigenvalue weighted by Crippen LogP contribution is -2.00. The number of carboxylic acid groups (broad SMARTS) is 1. The molecule has 0 unspecified atom stereocenters. The maximum absolute atomic E-state index is 10.7. The van der Waals surface area contributed by atoms with E-state index in [-0.39, 0.29) is 11.7 Å². The van der Waals surface area contributed by atoms with Gasteiger partial charge in [0.1, 0.15) is 5.82 Å². The molecule has 6 heteroatoms. The molecule has 0 radical (unpaired) electrons. The standard InChI is InChI=1S/C16H12ClN3O2/c17-16-19-13-4-2-1-3-12(13)15(20-16)18-11-7-5-10(6-8-11)9-14(21)22/h1-8H,9H2,(H,21,22)(H,18,19,20). The van der Waals surface area contributed by atoms with Crippen LogP contribution in [0.2, 0.25) is 5.28 Å². The van der Waals surface area contributed by atoms with E-state index < -0.39 is 5.97 Å². The molecule has 0 aliphatic carbocycles. The molecule has 2 aromatic carbocycles. The number of carbonyl (C=O) groups is 1. The summed E-state index contributed by atoms with van der Waals surface area (Å²) < 4.78 is 0. The second-order valence-electron chi connectivity index (χ2n) is 4.75. The van der Waals surface area contributed by atoms with E-state index in [1.54, 1.807) is 12.1 Å². The van der Waals surface area contributed by atoms with Gasteiger partial charge in [0.15, 0.2) is 0 Å². The number of carboxylic acids is 1. The Labute approximate surface area is 131 Å². The van der Waals surface area contributed by atoms with Crippen LogP contribution < -0.4 is 5.32 Å². The predicted octanol–water partition coefficient (Wildman–Crippen LogP) is 3.65. The molecule has 0 spiro atoms. The molecule has 3 rings (SSSR count). The van der Waals surface area contributed by atoms with E-state index in [9.17, 15) is 4.79 Å². The Balaban J connectivity index is 1.91. The lowest BCUT2D eigenvalue weighted by molar-refractivity contribution is -0.136. The number of para-hydroxylation sites is 1. The summed E-state index contributed by atoms with van der Waals surface area (Å²) in [5.41, 5.74) is 2.30. The monoisotopic (exact) mass is 313 g/mol. The Kier molecular flexibility index (Phi) is 3.89. The molecule has 2 N–H and O–H groups in total. The van der Waals surface area contributed by atoms with Crippen LogP contribution in [0, 0.1) is 0 Å². The van der Waals surface area contributed by atoms with Crippen molar-refractivity contribution in [3.63, 3.8) is 0 Å². The van der Waals surface area contributed by atoms with Crippen LogP contribution in [-0.2, 0) is 11.2 Å². The summed E-state index contributed by atoms with van der Waals surface area (Å²) in [4.78, 5) is 19.1. The van der Waals surface area contributed by atoms with E-state index >= 15 is 0 Å². The Hall–Kier alpha value is -2.66. The van der Waals surface area contributed by atoms with Gasteiger partial charge < -0.3 is 10.4 Å². The normalized spacial score (nSPS) is 10.6. The Morgan fingerprint density at radius 2 is 1.82 bits per heavy atom. The fourth-order valence-corrected chi connectivity index (χ4v) is 2.34. The molecular weight excluding hydrogens is 302 g/mol. The molecule has 3 aromatic rings. The summed E-state index contributed by atoms with van der Waals surface area (Å²) >= 11 is 5.95. The van der Waals surface area contributed by atoms with Crippen molar-refractivity contribution in [2.24, 2.45) is 0 Å². The highest BCUT2D eigenvalue weighted by atomic mass is 35.5. The first-order valence-electron chi connectivity index (χ1n) is 6.62. The van der Waals surface area contributed by atoms with Crippen molar-refractivity contribution in [1.82, 2.24) is 9.97 Å². The predicted molar refractivity (Wildman–Crippen MR) is 85.6 cm³/mol. The molecule has 0 aliphatic heterocycles. The highest BCUT2D eigenvalue weighted by Gasteiger charge is 2.07. The topological polar surface area (TPSA) is 75.1 Å². The van der Waals surface area contributed by atoms with Crippen molar-refractivity contribution in [2.45, 2.75) is 6.42 Å². The van der Waals surface area contributed by atoms with Gasteiger partial charge in [-0.15, -0.1) is 0 Å². The van der Waals surface area contributed by atoms with E-state index in [0.29, 0.717) is 5.82 Å². The van der Waals surface area contributed by atoms with Gasteiger partial charge >= 0.3 is 5.97 Å². The molecule has 0 aliphatic rings. The van der Waals surface area contributed by atoms with Crippen LogP contribution in [0.15, 0.2) is 48.5 Å². The number of aromatic nitrogens is 2. The van der Waals surface area contributed by atoms with Gasteiger partial charge in [-0.05, 0) is 41.4 Å². The largest absolute Gasteiger partial charge is 0.481 e. The van der Waals surface area contributed by atoms with Crippen LogP contribution >= 0.6 is 11.6 Å². The number of benzene rings is 2. The third-order valence-corrected chi connectivity index (χ3v) is 3.32. The average Bonchev–Trinajstić information content (AvgIpc) is 2.48. The summed E-state index contributed by atoms with van der Waals surface area (Å²) in [6, 6.07) is 14.7. The highest BCUT2D eigenvalue weighted by Crippen LogP contribution is 2.25. The first-order valence-corrected chi connectivity index (χ1v) is 6.99. The zero-order valence-electron chi connectivity index (χ0n) is 11.5. The maximum atomic E-state index is 10.7. The third-order valence-electron chi connectivity index (χ3n) is 3.15. The Morgan fingerprint density at radius 1 is 1.09 bits per heavy atom. The van der Waals surface area contributed by atoms with Crippen molar-refractivity contribution < 1.29 is 9.90 Å². The van der Waals surface area contributed by atoms with Gasteiger partial charge in [0, 0.05) is 11.1 Å². The first-order chi connectivity index (χ1) is 10.6. The second kappa shape index (κ2) is 5.99. The molecule has 5 nitrogen and oxygen atoms in total. The number of anilines is 2. The lowest BCUT2D eigenvalue weighted by atomic mass is 10.1. The average molecular weight is 314 g/mol. The van der Waals surface area contributed by atoms with Gasteiger partial charge in [0.25, 0.3) is 0 Å². The van der Waals surface area contributed by atoms with Gasteiger partial charge in [-0.3, -0.25) is 4.79 Å². The number of fused-ring (bicyclic) bond motifs is 1. The van der Waals surface area contributed by atoms with Crippen molar-refractivity contribution in [3.05, 3.63) is 59.4 Å². The molecule has 0 fully saturated rings. The van der Waals surface area contributed by atoms with Gasteiger partial charge in [0.2, 0.25) is 5.28 Å². The second-order valence-corrected chi connectivity index (χ2v) is 5.09. The minimum absolute atomic E-state index is 0.00253. The first kappa shape index (κ1) is 14.3. The maximum Gasteiger partial charge on any atom is 0.307 e. The van der Waals surface area contributed by atoms with Crippen molar-refractivity contribution in [3.8, 4) is 0 Å². The summed E-state index contributed by atoms with van der Waals surface area (Å²) in [6.45, 7) is 0.